The molecule has 6 heteroatoms. The van der Waals surface area contributed by atoms with Gasteiger partial charge in [0.05, 0.1) is 6.04 Å². The van der Waals surface area contributed by atoms with Gasteiger partial charge in [0, 0.05) is 6.07 Å². The third-order valence-corrected chi connectivity index (χ3v) is 3.68. The van der Waals surface area contributed by atoms with Gasteiger partial charge in [-0.3, -0.25) is 0 Å². The first-order chi connectivity index (χ1) is 10.1. The minimum atomic E-state index is -2.66. The molecule has 0 radical (unpaired) electrons. The van der Waals surface area contributed by atoms with E-state index in [1.54, 1.807) is 0 Å². The number of nitrogens with two attached hydrogens (primary N) is 1. The lowest BCUT2D eigenvalue weighted by atomic mass is 9.88. The summed E-state index contributed by atoms with van der Waals surface area (Å²) < 4.78 is 25.5. The predicted molar refractivity (Wildman–Crippen MR) is 77.1 cm³/mol. The number of hydrogen-bond acceptors (Lipinski definition) is 4. The topological polar surface area (TPSA) is 63.8 Å². The second kappa shape index (κ2) is 5.63. The Bertz CT molecular complexity index is 645. The van der Waals surface area contributed by atoms with Crippen molar-refractivity contribution in [2.24, 2.45) is 0 Å². The number of anilines is 2. The Morgan fingerprint density at radius 3 is 2.86 bits per heavy atom. The van der Waals surface area contributed by atoms with Crippen molar-refractivity contribution in [2.45, 2.75) is 31.7 Å². The third-order valence-electron chi connectivity index (χ3n) is 3.68. The highest BCUT2D eigenvalue weighted by Crippen LogP contribution is 2.32. The molecule has 0 spiro atoms. The van der Waals surface area contributed by atoms with Gasteiger partial charge in [-0.25, -0.2) is 13.8 Å². The maximum atomic E-state index is 12.8. The molecule has 110 valence electrons. The van der Waals surface area contributed by atoms with Crippen LogP contribution in [0.15, 0.2) is 30.3 Å². The van der Waals surface area contributed by atoms with Crippen LogP contribution in [0.5, 0.6) is 0 Å². The molecule has 3 rings (SSSR count). The summed E-state index contributed by atoms with van der Waals surface area (Å²) in [5, 5.41) is 3.21. The van der Waals surface area contributed by atoms with E-state index < -0.39 is 6.43 Å². The molecule has 0 fully saturated rings. The van der Waals surface area contributed by atoms with Crippen molar-refractivity contribution in [2.75, 3.05) is 11.1 Å². The highest BCUT2D eigenvalue weighted by molar-refractivity contribution is 5.45. The molecule has 1 heterocycles. The summed E-state index contributed by atoms with van der Waals surface area (Å²) in [6.45, 7) is 0. The summed E-state index contributed by atoms with van der Waals surface area (Å²) in [6, 6.07) is 9.48. The minimum Gasteiger partial charge on any atom is -0.368 e. The van der Waals surface area contributed by atoms with E-state index in [1.807, 2.05) is 12.1 Å². The Hall–Kier alpha value is -2.24. The summed E-state index contributed by atoms with van der Waals surface area (Å²) in [5.41, 5.74) is 7.63. The monoisotopic (exact) mass is 290 g/mol. The van der Waals surface area contributed by atoms with E-state index in [-0.39, 0.29) is 17.7 Å². The van der Waals surface area contributed by atoms with Crippen LogP contribution < -0.4 is 11.1 Å². The molecule has 4 nitrogen and oxygen atoms in total. The highest BCUT2D eigenvalue weighted by atomic mass is 19.3. The molecule has 1 aliphatic carbocycles. The van der Waals surface area contributed by atoms with Crippen LogP contribution in [0, 0.1) is 0 Å². The number of nitrogen functional groups attached to an aromatic ring is 1. The third kappa shape index (κ3) is 2.94. The van der Waals surface area contributed by atoms with E-state index in [2.05, 4.69) is 27.4 Å². The first kappa shape index (κ1) is 13.7. The van der Waals surface area contributed by atoms with Crippen molar-refractivity contribution in [1.29, 1.82) is 0 Å². The van der Waals surface area contributed by atoms with Crippen LogP contribution in [-0.4, -0.2) is 9.97 Å². The van der Waals surface area contributed by atoms with E-state index >= 15 is 0 Å². The van der Waals surface area contributed by atoms with E-state index in [0.717, 1.165) is 19.3 Å². The fourth-order valence-corrected chi connectivity index (χ4v) is 2.75. The van der Waals surface area contributed by atoms with E-state index in [1.165, 1.54) is 17.2 Å². The van der Waals surface area contributed by atoms with Gasteiger partial charge < -0.3 is 11.1 Å². The second-order valence-corrected chi connectivity index (χ2v) is 5.12. The van der Waals surface area contributed by atoms with Gasteiger partial charge in [-0.2, -0.15) is 4.98 Å². The fraction of sp³-hybridized carbons (Fsp3) is 0.333. The molecule has 1 aliphatic rings. The molecular weight excluding hydrogens is 274 g/mol. The van der Waals surface area contributed by atoms with Crippen LogP contribution in [0.2, 0.25) is 0 Å². The average molecular weight is 290 g/mol. The number of nitrogens with one attached hydrogen (secondary N) is 1. The largest absolute Gasteiger partial charge is 0.368 e. The molecule has 3 N–H and O–H groups in total. The number of halogens is 2. The number of rotatable bonds is 3. The summed E-state index contributed by atoms with van der Waals surface area (Å²) in [7, 11) is 0. The van der Waals surface area contributed by atoms with Gasteiger partial charge in [0.25, 0.3) is 6.43 Å². The second-order valence-electron chi connectivity index (χ2n) is 5.12. The lowest BCUT2D eigenvalue weighted by Gasteiger charge is -2.26. The normalized spacial score (nSPS) is 17.6. The lowest BCUT2D eigenvalue weighted by molar-refractivity contribution is 0.146. The van der Waals surface area contributed by atoms with Crippen LogP contribution in [0.3, 0.4) is 0 Å². The summed E-state index contributed by atoms with van der Waals surface area (Å²) in [6.07, 6.45) is 0.374. The van der Waals surface area contributed by atoms with Crippen molar-refractivity contribution >= 4 is 11.8 Å². The SMILES string of the molecule is Nc1nc(N[C@@H]2CCCc3ccccc32)cc(C(F)F)n1. The quantitative estimate of drug-likeness (QED) is 0.908. The fourth-order valence-electron chi connectivity index (χ4n) is 2.75. The van der Waals surface area contributed by atoms with Crippen molar-refractivity contribution in [3.05, 3.63) is 47.2 Å². The Labute approximate surface area is 121 Å². The number of fused-ring (bicyclic) bond motifs is 1. The first-order valence-electron chi connectivity index (χ1n) is 6.90. The maximum absolute atomic E-state index is 12.8. The first-order valence-corrected chi connectivity index (χ1v) is 6.90. The summed E-state index contributed by atoms with van der Waals surface area (Å²) in [5.74, 6) is 0.207. The Morgan fingerprint density at radius 1 is 1.24 bits per heavy atom. The van der Waals surface area contributed by atoms with Gasteiger partial charge in [0.1, 0.15) is 11.5 Å². The predicted octanol–water partition coefficient (Wildman–Crippen LogP) is 3.49. The molecule has 2 aromatic rings. The molecule has 0 aliphatic heterocycles. The molecule has 0 saturated heterocycles. The van der Waals surface area contributed by atoms with Crippen molar-refractivity contribution in [1.82, 2.24) is 9.97 Å². The number of alkyl halides is 2. The van der Waals surface area contributed by atoms with Crippen LogP contribution >= 0.6 is 0 Å². The molecule has 0 bridgehead atoms. The summed E-state index contributed by atoms with van der Waals surface area (Å²) >= 11 is 0. The van der Waals surface area contributed by atoms with Crippen molar-refractivity contribution in [3.63, 3.8) is 0 Å². The van der Waals surface area contributed by atoms with Gasteiger partial charge in [-0.15, -0.1) is 0 Å². The maximum Gasteiger partial charge on any atom is 0.280 e. The van der Waals surface area contributed by atoms with E-state index in [4.69, 9.17) is 5.73 Å². The molecule has 0 unspecified atom stereocenters. The number of aryl methyl sites for hydroxylation is 1. The Kier molecular flexibility index (Phi) is 3.68. The smallest absolute Gasteiger partial charge is 0.280 e. The molecule has 21 heavy (non-hydrogen) atoms. The van der Waals surface area contributed by atoms with Gasteiger partial charge >= 0.3 is 0 Å². The van der Waals surface area contributed by atoms with Gasteiger partial charge in [-0.05, 0) is 30.4 Å². The van der Waals surface area contributed by atoms with Crippen LogP contribution in [0.1, 0.15) is 42.1 Å². The molecule has 1 aromatic carbocycles. The van der Waals surface area contributed by atoms with E-state index in [9.17, 15) is 8.78 Å². The minimum absolute atomic E-state index is 0.0646. The van der Waals surface area contributed by atoms with Crippen LogP contribution in [0.25, 0.3) is 0 Å². The van der Waals surface area contributed by atoms with Gasteiger partial charge in [0.15, 0.2) is 0 Å². The van der Waals surface area contributed by atoms with E-state index in [0.29, 0.717) is 5.82 Å². The summed E-state index contributed by atoms with van der Waals surface area (Å²) in [4.78, 5) is 7.55. The molecular formula is C15H16F2N4. The molecule has 0 saturated carbocycles. The van der Waals surface area contributed by atoms with Crippen LogP contribution in [0.4, 0.5) is 20.5 Å². The Morgan fingerprint density at radius 2 is 2.05 bits per heavy atom. The van der Waals surface area contributed by atoms with Gasteiger partial charge in [-0.1, -0.05) is 24.3 Å². The average Bonchev–Trinajstić information content (AvgIpc) is 2.47. The standard InChI is InChI=1S/C15H16F2N4/c16-14(17)12-8-13(21-15(18)20-12)19-11-7-3-5-9-4-1-2-6-10(9)11/h1-2,4,6,8,11,14H,3,5,7H2,(H3,18,19,20,21)/t11-/m1/s1. The zero-order valence-corrected chi connectivity index (χ0v) is 11.4. The number of aromatic nitrogens is 2. The number of benzene rings is 1. The number of hydrogen-bond donors (Lipinski definition) is 2. The zero-order valence-electron chi connectivity index (χ0n) is 11.4. The molecule has 1 atom stereocenters. The Balaban J connectivity index is 1.88. The lowest BCUT2D eigenvalue weighted by Crippen LogP contribution is -2.18. The highest BCUT2D eigenvalue weighted by Gasteiger charge is 2.21. The molecule has 0 amide bonds. The van der Waals surface area contributed by atoms with Crippen molar-refractivity contribution in [3.8, 4) is 0 Å². The zero-order chi connectivity index (χ0) is 14.8. The van der Waals surface area contributed by atoms with Gasteiger partial charge in [0.2, 0.25) is 5.95 Å². The molecule has 1 aromatic heterocycles. The van der Waals surface area contributed by atoms with Crippen LogP contribution in [-0.2, 0) is 6.42 Å². The van der Waals surface area contributed by atoms with Crippen molar-refractivity contribution < 1.29 is 8.78 Å². The number of nitrogens with zero attached hydrogens (tertiary/aromatic N) is 2.